The van der Waals surface area contributed by atoms with Crippen LogP contribution in [-0.4, -0.2) is 25.0 Å². The Morgan fingerprint density at radius 2 is 1.74 bits per heavy atom. The van der Waals surface area contributed by atoms with Gasteiger partial charge in [0, 0.05) is 0 Å². The SMILES string of the molecule is COC(=O)[C@H](CCc1ccccc1)NC(=O)c1ccccc1F. The molecule has 0 radical (unpaired) electrons. The zero-order chi connectivity index (χ0) is 16.7. The van der Waals surface area contributed by atoms with Gasteiger partial charge in [-0.1, -0.05) is 42.5 Å². The number of halogens is 1. The van der Waals surface area contributed by atoms with Gasteiger partial charge in [-0.15, -0.1) is 0 Å². The van der Waals surface area contributed by atoms with E-state index in [1.807, 2.05) is 30.3 Å². The summed E-state index contributed by atoms with van der Waals surface area (Å²) in [5.41, 5.74) is 0.947. The Kier molecular flexibility index (Phi) is 5.86. The van der Waals surface area contributed by atoms with Gasteiger partial charge in [0.05, 0.1) is 12.7 Å². The molecule has 2 rings (SSSR count). The summed E-state index contributed by atoms with van der Waals surface area (Å²) in [6.45, 7) is 0. The molecule has 0 bridgehead atoms. The number of hydrogen-bond acceptors (Lipinski definition) is 3. The number of hydrogen-bond donors (Lipinski definition) is 1. The van der Waals surface area contributed by atoms with E-state index in [-0.39, 0.29) is 5.56 Å². The second-order valence-electron chi connectivity index (χ2n) is 5.05. The highest BCUT2D eigenvalue weighted by Gasteiger charge is 2.23. The molecule has 0 spiro atoms. The number of ether oxygens (including phenoxy) is 1. The van der Waals surface area contributed by atoms with Gasteiger partial charge in [-0.3, -0.25) is 4.79 Å². The highest BCUT2D eigenvalue weighted by molar-refractivity contribution is 5.96. The highest BCUT2D eigenvalue weighted by Crippen LogP contribution is 2.10. The third kappa shape index (κ3) is 4.64. The van der Waals surface area contributed by atoms with Crippen molar-refractivity contribution in [2.75, 3.05) is 7.11 Å². The van der Waals surface area contributed by atoms with E-state index in [1.165, 1.54) is 25.3 Å². The summed E-state index contributed by atoms with van der Waals surface area (Å²) in [6.07, 6.45) is 0.967. The van der Waals surface area contributed by atoms with Crippen LogP contribution < -0.4 is 5.32 Å². The smallest absolute Gasteiger partial charge is 0.328 e. The summed E-state index contributed by atoms with van der Waals surface area (Å²) < 4.78 is 18.4. The molecule has 2 aromatic carbocycles. The maximum atomic E-state index is 13.6. The Balaban J connectivity index is 2.05. The maximum Gasteiger partial charge on any atom is 0.328 e. The fourth-order valence-corrected chi connectivity index (χ4v) is 2.23. The van der Waals surface area contributed by atoms with Crippen molar-refractivity contribution in [1.29, 1.82) is 0 Å². The van der Waals surface area contributed by atoms with Gasteiger partial charge in [0.2, 0.25) is 0 Å². The molecule has 5 heteroatoms. The monoisotopic (exact) mass is 315 g/mol. The third-order valence-electron chi connectivity index (χ3n) is 3.47. The van der Waals surface area contributed by atoms with E-state index in [0.29, 0.717) is 12.8 Å². The zero-order valence-corrected chi connectivity index (χ0v) is 12.8. The van der Waals surface area contributed by atoms with E-state index in [4.69, 9.17) is 4.74 Å². The molecular weight excluding hydrogens is 297 g/mol. The van der Waals surface area contributed by atoms with Gasteiger partial charge in [0.15, 0.2) is 0 Å². The standard InChI is InChI=1S/C18H18FNO3/c1-23-18(22)16(12-11-13-7-3-2-4-8-13)20-17(21)14-9-5-6-10-15(14)19/h2-10,16H,11-12H2,1H3,(H,20,21)/t16-/m0/s1. The predicted octanol–water partition coefficient (Wildman–Crippen LogP) is 2.73. The van der Waals surface area contributed by atoms with Crippen LogP contribution in [0.3, 0.4) is 0 Å². The number of nitrogens with one attached hydrogen (secondary N) is 1. The topological polar surface area (TPSA) is 55.4 Å². The number of carbonyl (C=O) groups excluding carboxylic acids is 2. The summed E-state index contributed by atoms with van der Waals surface area (Å²) in [5.74, 6) is -1.81. The normalized spacial score (nSPS) is 11.6. The van der Waals surface area contributed by atoms with Crippen LogP contribution in [-0.2, 0) is 16.0 Å². The molecule has 0 aliphatic rings. The van der Waals surface area contributed by atoms with Gasteiger partial charge in [-0.25, -0.2) is 9.18 Å². The first-order valence-electron chi connectivity index (χ1n) is 7.29. The van der Waals surface area contributed by atoms with Gasteiger partial charge in [0.1, 0.15) is 11.9 Å². The van der Waals surface area contributed by atoms with Crippen molar-refractivity contribution in [3.63, 3.8) is 0 Å². The molecule has 23 heavy (non-hydrogen) atoms. The number of carbonyl (C=O) groups is 2. The average Bonchev–Trinajstić information content (AvgIpc) is 2.59. The molecule has 0 aliphatic heterocycles. The van der Waals surface area contributed by atoms with E-state index in [2.05, 4.69) is 5.32 Å². The quantitative estimate of drug-likeness (QED) is 0.834. The first kappa shape index (κ1) is 16.7. The molecule has 0 heterocycles. The second-order valence-corrected chi connectivity index (χ2v) is 5.05. The predicted molar refractivity (Wildman–Crippen MR) is 84.4 cm³/mol. The van der Waals surface area contributed by atoms with Crippen LogP contribution in [0.25, 0.3) is 0 Å². The molecule has 120 valence electrons. The lowest BCUT2D eigenvalue weighted by Crippen LogP contribution is -2.42. The van der Waals surface area contributed by atoms with Crippen molar-refractivity contribution in [2.45, 2.75) is 18.9 Å². The molecule has 1 amide bonds. The van der Waals surface area contributed by atoms with Gasteiger partial charge in [-0.2, -0.15) is 0 Å². The molecule has 0 saturated heterocycles. The lowest BCUT2D eigenvalue weighted by Gasteiger charge is -2.16. The third-order valence-corrected chi connectivity index (χ3v) is 3.47. The largest absolute Gasteiger partial charge is 0.467 e. The second kappa shape index (κ2) is 8.08. The van der Waals surface area contributed by atoms with Crippen molar-refractivity contribution in [2.24, 2.45) is 0 Å². The van der Waals surface area contributed by atoms with E-state index in [0.717, 1.165) is 5.56 Å². The number of esters is 1. The number of amides is 1. The lowest BCUT2D eigenvalue weighted by molar-refractivity contribution is -0.143. The Morgan fingerprint density at radius 3 is 2.39 bits per heavy atom. The number of rotatable bonds is 6. The van der Waals surface area contributed by atoms with Gasteiger partial charge in [-0.05, 0) is 30.5 Å². The number of benzene rings is 2. The maximum absolute atomic E-state index is 13.6. The van der Waals surface area contributed by atoms with E-state index < -0.39 is 23.7 Å². The molecular formula is C18H18FNO3. The number of aryl methyl sites for hydroxylation is 1. The summed E-state index contributed by atoms with van der Waals surface area (Å²) in [5, 5.41) is 2.54. The summed E-state index contributed by atoms with van der Waals surface area (Å²) in [7, 11) is 1.26. The molecule has 0 unspecified atom stereocenters. The minimum absolute atomic E-state index is 0.0962. The van der Waals surface area contributed by atoms with Crippen LogP contribution in [0.15, 0.2) is 54.6 Å². The van der Waals surface area contributed by atoms with Crippen LogP contribution in [0.1, 0.15) is 22.3 Å². The zero-order valence-electron chi connectivity index (χ0n) is 12.8. The van der Waals surface area contributed by atoms with Crippen molar-refractivity contribution in [3.8, 4) is 0 Å². The molecule has 4 nitrogen and oxygen atoms in total. The van der Waals surface area contributed by atoms with Gasteiger partial charge >= 0.3 is 5.97 Å². The van der Waals surface area contributed by atoms with Crippen molar-refractivity contribution in [1.82, 2.24) is 5.32 Å². The summed E-state index contributed by atoms with van der Waals surface area (Å²) >= 11 is 0. The van der Waals surface area contributed by atoms with Gasteiger partial charge in [0.25, 0.3) is 5.91 Å². The molecule has 1 N–H and O–H groups in total. The van der Waals surface area contributed by atoms with Crippen molar-refractivity contribution in [3.05, 3.63) is 71.5 Å². The molecule has 0 saturated carbocycles. The Hall–Kier alpha value is -2.69. The Morgan fingerprint density at radius 1 is 1.09 bits per heavy atom. The average molecular weight is 315 g/mol. The van der Waals surface area contributed by atoms with Crippen LogP contribution in [0.5, 0.6) is 0 Å². The van der Waals surface area contributed by atoms with Crippen LogP contribution in [0.4, 0.5) is 4.39 Å². The Bertz CT molecular complexity index is 673. The van der Waals surface area contributed by atoms with Crippen molar-refractivity contribution >= 4 is 11.9 Å². The van der Waals surface area contributed by atoms with Crippen molar-refractivity contribution < 1.29 is 18.7 Å². The minimum atomic E-state index is -0.827. The number of methoxy groups -OCH3 is 1. The molecule has 1 atom stereocenters. The molecule has 0 aromatic heterocycles. The summed E-state index contributed by atoms with van der Waals surface area (Å²) in [6, 6.07) is 14.4. The van der Waals surface area contributed by atoms with E-state index >= 15 is 0 Å². The minimum Gasteiger partial charge on any atom is -0.467 e. The first-order valence-corrected chi connectivity index (χ1v) is 7.29. The van der Waals surface area contributed by atoms with Crippen LogP contribution in [0, 0.1) is 5.82 Å². The first-order chi connectivity index (χ1) is 11.1. The molecule has 0 aliphatic carbocycles. The highest BCUT2D eigenvalue weighted by atomic mass is 19.1. The fourth-order valence-electron chi connectivity index (χ4n) is 2.23. The lowest BCUT2D eigenvalue weighted by atomic mass is 10.0. The molecule has 0 fully saturated rings. The van der Waals surface area contributed by atoms with Crippen LogP contribution in [0.2, 0.25) is 0 Å². The Labute approximate surface area is 134 Å². The van der Waals surface area contributed by atoms with E-state index in [9.17, 15) is 14.0 Å². The fraction of sp³-hybridized carbons (Fsp3) is 0.222. The summed E-state index contributed by atoms with van der Waals surface area (Å²) in [4.78, 5) is 24.0. The van der Waals surface area contributed by atoms with Gasteiger partial charge < -0.3 is 10.1 Å². The van der Waals surface area contributed by atoms with Crippen LogP contribution >= 0.6 is 0 Å². The molecule has 2 aromatic rings. The van der Waals surface area contributed by atoms with E-state index in [1.54, 1.807) is 6.07 Å².